The third-order valence-electron chi connectivity index (χ3n) is 4.76. The Kier molecular flexibility index (Phi) is 5.44. The maximum atomic E-state index is 13.4. The summed E-state index contributed by atoms with van der Waals surface area (Å²) in [5.74, 6) is -1.47. The molecule has 1 amide bonds. The van der Waals surface area contributed by atoms with Crippen molar-refractivity contribution in [1.29, 1.82) is 0 Å². The standard InChI is InChI=1S/C23H19FN4O3/c1-2-31-23(30)21-12-28(13-26-21)11-14-3-8-17-18(15-4-6-16(24)7-5-15)10-20(22(25)29)27-19(17)9-14/h3-10,12-13H,2,11H2,1H3,(H2,25,29). The molecule has 0 aliphatic carbocycles. The SMILES string of the molecule is CCOC(=O)c1cn(Cc2ccc3c(-c4ccc(F)cc4)cc(C(N)=O)nc3c2)cn1. The van der Waals surface area contributed by atoms with Crippen molar-refractivity contribution in [3.8, 4) is 11.1 Å². The Morgan fingerprint density at radius 2 is 1.87 bits per heavy atom. The number of pyridine rings is 1. The first-order chi connectivity index (χ1) is 14.9. The van der Waals surface area contributed by atoms with Gasteiger partial charge in [-0.1, -0.05) is 24.3 Å². The molecular formula is C23H19FN4O3. The summed E-state index contributed by atoms with van der Waals surface area (Å²) in [6, 6.07) is 13.3. The summed E-state index contributed by atoms with van der Waals surface area (Å²) >= 11 is 0. The summed E-state index contributed by atoms with van der Waals surface area (Å²) in [5.41, 5.74) is 8.78. The number of rotatable bonds is 6. The first-order valence-corrected chi connectivity index (χ1v) is 9.63. The molecule has 0 bridgehead atoms. The minimum Gasteiger partial charge on any atom is -0.461 e. The molecule has 2 aromatic heterocycles. The number of hydrogen-bond acceptors (Lipinski definition) is 5. The second-order valence-corrected chi connectivity index (χ2v) is 6.93. The third kappa shape index (κ3) is 4.28. The molecule has 156 valence electrons. The van der Waals surface area contributed by atoms with E-state index in [9.17, 15) is 14.0 Å². The van der Waals surface area contributed by atoms with Crippen LogP contribution in [0.4, 0.5) is 4.39 Å². The van der Waals surface area contributed by atoms with Gasteiger partial charge in [0.05, 0.1) is 18.5 Å². The molecule has 0 unspecified atom stereocenters. The maximum absolute atomic E-state index is 13.4. The van der Waals surface area contributed by atoms with E-state index in [2.05, 4.69) is 9.97 Å². The predicted octanol–water partition coefficient (Wildman–Crippen LogP) is 3.56. The van der Waals surface area contributed by atoms with Crippen molar-refractivity contribution in [3.05, 3.63) is 83.8 Å². The second kappa shape index (κ2) is 8.35. The number of hydrogen-bond donors (Lipinski definition) is 1. The number of carbonyl (C=O) groups is 2. The largest absolute Gasteiger partial charge is 0.461 e. The lowest BCUT2D eigenvalue weighted by molar-refractivity contribution is 0.0520. The van der Waals surface area contributed by atoms with Crippen LogP contribution in [0.25, 0.3) is 22.0 Å². The summed E-state index contributed by atoms with van der Waals surface area (Å²) in [7, 11) is 0. The topological polar surface area (TPSA) is 100 Å². The Morgan fingerprint density at radius 1 is 1.10 bits per heavy atom. The van der Waals surface area contributed by atoms with Gasteiger partial charge in [0, 0.05) is 18.1 Å². The summed E-state index contributed by atoms with van der Waals surface area (Å²) in [6.45, 7) is 2.45. The van der Waals surface area contributed by atoms with Gasteiger partial charge in [0.25, 0.3) is 5.91 Å². The van der Waals surface area contributed by atoms with Crippen molar-refractivity contribution in [3.63, 3.8) is 0 Å². The molecular weight excluding hydrogens is 399 g/mol. The first kappa shape index (κ1) is 20.2. The highest BCUT2D eigenvalue weighted by molar-refractivity contribution is 6.00. The molecule has 0 fully saturated rings. The molecule has 4 aromatic rings. The minimum atomic E-state index is -0.649. The highest BCUT2D eigenvalue weighted by atomic mass is 19.1. The summed E-state index contributed by atoms with van der Waals surface area (Å²) in [4.78, 5) is 32.1. The normalized spacial score (nSPS) is 10.9. The Bertz CT molecular complexity index is 1280. The van der Waals surface area contributed by atoms with E-state index < -0.39 is 11.9 Å². The average Bonchev–Trinajstić information content (AvgIpc) is 3.22. The lowest BCUT2D eigenvalue weighted by Crippen LogP contribution is -2.13. The molecule has 2 N–H and O–H groups in total. The lowest BCUT2D eigenvalue weighted by Gasteiger charge is -2.11. The van der Waals surface area contributed by atoms with Crippen LogP contribution in [0.15, 0.2) is 61.1 Å². The molecule has 0 saturated carbocycles. The number of aromatic nitrogens is 3. The number of esters is 1. The van der Waals surface area contributed by atoms with Crippen molar-refractivity contribution in [2.75, 3.05) is 6.61 Å². The third-order valence-corrected chi connectivity index (χ3v) is 4.76. The average molecular weight is 418 g/mol. The van der Waals surface area contributed by atoms with Gasteiger partial charge < -0.3 is 15.0 Å². The van der Waals surface area contributed by atoms with Gasteiger partial charge in [0.15, 0.2) is 5.69 Å². The van der Waals surface area contributed by atoms with E-state index in [0.717, 1.165) is 22.1 Å². The van der Waals surface area contributed by atoms with Gasteiger partial charge in [-0.2, -0.15) is 0 Å². The molecule has 0 radical (unpaired) electrons. The predicted molar refractivity (Wildman–Crippen MR) is 113 cm³/mol. The van der Waals surface area contributed by atoms with E-state index in [-0.39, 0.29) is 23.8 Å². The smallest absolute Gasteiger partial charge is 0.358 e. The number of benzene rings is 2. The maximum Gasteiger partial charge on any atom is 0.358 e. The summed E-state index contributed by atoms with van der Waals surface area (Å²) in [5, 5.41) is 0.804. The molecule has 31 heavy (non-hydrogen) atoms. The van der Waals surface area contributed by atoms with Crippen molar-refractivity contribution in [1.82, 2.24) is 14.5 Å². The fraction of sp³-hybridized carbons (Fsp3) is 0.130. The van der Waals surface area contributed by atoms with Crippen LogP contribution in [-0.2, 0) is 11.3 Å². The molecule has 0 saturated heterocycles. The monoisotopic (exact) mass is 418 g/mol. The quantitative estimate of drug-likeness (QED) is 0.483. The molecule has 0 aliphatic rings. The molecule has 7 nitrogen and oxygen atoms in total. The number of fused-ring (bicyclic) bond motifs is 1. The van der Waals surface area contributed by atoms with Crippen LogP contribution in [0.2, 0.25) is 0 Å². The van der Waals surface area contributed by atoms with Crippen LogP contribution in [0.5, 0.6) is 0 Å². The van der Waals surface area contributed by atoms with E-state index in [1.54, 1.807) is 42.2 Å². The Balaban J connectivity index is 1.72. The lowest BCUT2D eigenvalue weighted by atomic mass is 9.98. The van der Waals surface area contributed by atoms with Crippen molar-refractivity contribution < 1.29 is 18.7 Å². The molecule has 4 rings (SSSR count). The van der Waals surface area contributed by atoms with E-state index in [1.807, 2.05) is 18.2 Å². The van der Waals surface area contributed by atoms with Crippen molar-refractivity contribution in [2.24, 2.45) is 5.73 Å². The Hall–Kier alpha value is -4.07. The zero-order chi connectivity index (χ0) is 22.0. The molecule has 8 heteroatoms. The van der Waals surface area contributed by atoms with Crippen LogP contribution in [0.1, 0.15) is 33.5 Å². The number of ether oxygens (including phenoxy) is 1. The minimum absolute atomic E-state index is 0.121. The second-order valence-electron chi connectivity index (χ2n) is 6.93. The zero-order valence-electron chi connectivity index (χ0n) is 16.7. The van der Waals surface area contributed by atoms with Crippen molar-refractivity contribution in [2.45, 2.75) is 13.5 Å². The number of primary amides is 1. The number of halogens is 1. The highest BCUT2D eigenvalue weighted by Gasteiger charge is 2.13. The van der Waals surface area contributed by atoms with Gasteiger partial charge in [0.1, 0.15) is 11.5 Å². The fourth-order valence-corrected chi connectivity index (χ4v) is 3.33. The fourth-order valence-electron chi connectivity index (χ4n) is 3.33. The Labute approximate surface area is 177 Å². The molecule has 0 spiro atoms. The summed E-state index contributed by atoms with van der Waals surface area (Å²) in [6.07, 6.45) is 3.16. The van der Waals surface area contributed by atoms with Gasteiger partial charge in [-0.05, 0) is 47.9 Å². The van der Waals surface area contributed by atoms with Crippen LogP contribution >= 0.6 is 0 Å². The number of amides is 1. The van der Waals surface area contributed by atoms with Gasteiger partial charge in [-0.3, -0.25) is 4.79 Å². The highest BCUT2D eigenvalue weighted by Crippen LogP contribution is 2.29. The van der Waals surface area contributed by atoms with E-state index in [0.29, 0.717) is 12.1 Å². The number of nitrogens with two attached hydrogens (primary N) is 1. The summed E-state index contributed by atoms with van der Waals surface area (Å²) < 4.78 is 20.1. The van der Waals surface area contributed by atoms with E-state index in [1.165, 1.54) is 12.1 Å². The van der Waals surface area contributed by atoms with Crippen molar-refractivity contribution >= 4 is 22.8 Å². The first-order valence-electron chi connectivity index (χ1n) is 9.63. The van der Waals surface area contributed by atoms with E-state index in [4.69, 9.17) is 10.5 Å². The Morgan fingerprint density at radius 3 is 2.58 bits per heavy atom. The number of nitrogens with zero attached hydrogens (tertiary/aromatic N) is 3. The molecule has 2 heterocycles. The van der Waals surface area contributed by atoms with Gasteiger partial charge >= 0.3 is 5.97 Å². The zero-order valence-corrected chi connectivity index (χ0v) is 16.7. The van der Waals surface area contributed by atoms with E-state index >= 15 is 0 Å². The number of carbonyl (C=O) groups excluding carboxylic acids is 2. The molecule has 0 aliphatic heterocycles. The van der Waals surface area contributed by atoms with Gasteiger partial charge in [-0.15, -0.1) is 0 Å². The van der Waals surface area contributed by atoms with Crippen LogP contribution in [0.3, 0.4) is 0 Å². The van der Waals surface area contributed by atoms with Crippen LogP contribution in [-0.4, -0.2) is 33.0 Å². The molecule has 2 aromatic carbocycles. The van der Waals surface area contributed by atoms with Gasteiger partial charge in [0.2, 0.25) is 0 Å². The van der Waals surface area contributed by atoms with Crippen LogP contribution < -0.4 is 5.73 Å². The number of imidazole rings is 1. The van der Waals surface area contributed by atoms with Gasteiger partial charge in [-0.25, -0.2) is 19.2 Å². The van der Waals surface area contributed by atoms with Crippen LogP contribution in [0, 0.1) is 5.82 Å². The molecule has 0 atom stereocenters.